The van der Waals surface area contributed by atoms with Crippen molar-refractivity contribution in [2.24, 2.45) is 0 Å². The van der Waals surface area contributed by atoms with Crippen LogP contribution in [0.2, 0.25) is 0 Å². The standard InChI is InChI=1S/C40H27N3O/c1-3-11-27-24(9-1)18-21-33-37(27)38-28-12-4-2-10-25(28)19-22-34(38)43(33)40-39(41-31-14-6-7-15-32(31)42-40)26-17-20-30-29-13-5-8-16-35(29)44-36(30)23-26/h1-23,31-32,41-42H. The Hall–Kier alpha value is -5.74. The van der Waals surface area contributed by atoms with Crippen LogP contribution in [0.25, 0.3) is 76.8 Å². The molecule has 3 heterocycles. The number of hydrogen-bond acceptors (Lipinski definition) is 3. The van der Waals surface area contributed by atoms with Gasteiger partial charge in [-0.1, -0.05) is 109 Å². The summed E-state index contributed by atoms with van der Waals surface area (Å²) in [5, 5.41) is 17.7. The molecule has 2 N–H and O–H groups in total. The first-order valence-electron chi connectivity index (χ1n) is 15.2. The third kappa shape index (κ3) is 3.28. The van der Waals surface area contributed by atoms with Gasteiger partial charge in [-0.25, -0.2) is 0 Å². The van der Waals surface area contributed by atoms with E-state index in [1.54, 1.807) is 0 Å². The van der Waals surface area contributed by atoms with E-state index < -0.39 is 0 Å². The molecular weight excluding hydrogens is 538 g/mol. The predicted molar refractivity (Wildman–Crippen MR) is 183 cm³/mol. The van der Waals surface area contributed by atoms with Gasteiger partial charge in [0.05, 0.1) is 28.8 Å². The number of rotatable bonds is 2. The Labute approximate surface area is 253 Å². The fraction of sp³-hybridized carbons (Fsp3) is 0.0500. The summed E-state index contributed by atoms with van der Waals surface area (Å²) in [6.45, 7) is 0. The van der Waals surface area contributed by atoms with Gasteiger partial charge >= 0.3 is 0 Å². The number of nitrogens with one attached hydrogen (secondary N) is 2. The van der Waals surface area contributed by atoms with Crippen molar-refractivity contribution in [2.75, 3.05) is 0 Å². The minimum absolute atomic E-state index is 0.113. The van der Waals surface area contributed by atoms with E-state index >= 15 is 0 Å². The molecule has 2 unspecified atom stereocenters. The third-order valence-corrected chi connectivity index (χ3v) is 9.42. The van der Waals surface area contributed by atoms with Gasteiger partial charge in [0.15, 0.2) is 0 Å². The van der Waals surface area contributed by atoms with E-state index in [1.165, 1.54) is 43.4 Å². The van der Waals surface area contributed by atoms with Gasteiger partial charge in [-0.2, -0.15) is 0 Å². The van der Waals surface area contributed by atoms with Crippen molar-refractivity contribution in [3.05, 3.63) is 145 Å². The third-order valence-electron chi connectivity index (χ3n) is 9.42. The summed E-state index contributed by atoms with van der Waals surface area (Å²) in [4.78, 5) is 0. The van der Waals surface area contributed by atoms with Crippen LogP contribution in [0.5, 0.6) is 0 Å². The lowest BCUT2D eigenvalue weighted by Crippen LogP contribution is -2.51. The van der Waals surface area contributed by atoms with Crippen molar-refractivity contribution < 1.29 is 4.42 Å². The molecular formula is C40H27N3O. The van der Waals surface area contributed by atoms with Crippen LogP contribution < -0.4 is 10.6 Å². The van der Waals surface area contributed by atoms with Crippen LogP contribution in [-0.2, 0) is 0 Å². The lowest BCUT2D eigenvalue weighted by Gasteiger charge is -2.37. The molecule has 4 heteroatoms. The maximum Gasteiger partial charge on any atom is 0.136 e. The van der Waals surface area contributed by atoms with Crippen LogP contribution in [0.3, 0.4) is 0 Å². The predicted octanol–water partition coefficient (Wildman–Crippen LogP) is 9.34. The average molecular weight is 566 g/mol. The Balaban J connectivity index is 1.33. The number of aromatic nitrogens is 1. The highest BCUT2D eigenvalue weighted by atomic mass is 16.3. The van der Waals surface area contributed by atoms with Crippen molar-refractivity contribution in [3.8, 4) is 0 Å². The van der Waals surface area contributed by atoms with Crippen molar-refractivity contribution in [1.82, 2.24) is 15.2 Å². The smallest absolute Gasteiger partial charge is 0.136 e. The fourth-order valence-corrected chi connectivity index (χ4v) is 7.41. The maximum absolute atomic E-state index is 6.35. The topological polar surface area (TPSA) is 42.1 Å². The summed E-state index contributed by atoms with van der Waals surface area (Å²) in [5.74, 6) is 1.03. The first-order valence-corrected chi connectivity index (χ1v) is 15.2. The van der Waals surface area contributed by atoms with Crippen LogP contribution in [0.4, 0.5) is 0 Å². The molecule has 44 heavy (non-hydrogen) atoms. The van der Waals surface area contributed by atoms with Gasteiger partial charge in [0.2, 0.25) is 0 Å². The molecule has 0 saturated carbocycles. The minimum Gasteiger partial charge on any atom is -0.456 e. The summed E-state index contributed by atoms with van der Waals surface area (Å²) in [6, 6.07) is 41.6. The molecule has 1 aliphatic carbocycles. The maximum atomic E-state index is 6.35. The highest BCUT2D eigenvalue weighted by Gasteiger charge is 2.31. The molecule has 2 aliphatic rings. The second-order valence-corrected chi connectivity index (χ2v) is 11.8. The van der Waals surface area contributed by atoms with Crippen LogP contribution in [0, 0.1) is 0 Å². The van der Waals surface area contributed by atoms with E-state index in [9.17, 15) is 0 Å². The number of nitrogens with zero attached hydrogens (tertiary/aromatic N) is 1. The lowest BCUT2D eigenvalue weighted by molar-refractivity contribution is 0.544. The zero-order chi connectivity index (χ0) is 28.8. The molecule has 6 aromatic carbocycles. The van der Waals surface area contributed by atoms with Crippen LogP contribution in [0.15, 0.2) is 144 Å². The average Bonchev–Trinajstić information content (AvgIpc) is 3.63. The Morgan fingerprint density at radius 1 is 0.523 bits per heavy atom. The number of fused-ring (bicyclic) bond motifs is 11. The molecule has 208 valence electrons. The first kappa shape index (κ1) is 23.8. The van der Waals surface area contributed by atoms with E-state index in [1.807, 2.05) is 12.1 Å². The summed E-state index contributed by atoms with van der Waals surface area (Å²) < 4.78 is 8.78. The quantitative estimate of drug-likeness (QED) is 0.219. The van der Waals surface area contributed by atoms with E-state index in [0.717, 1.165) is 39.0 Å². The molecule has 0 spiro atoms. The van der Waals surface area contributed by atoms with Gasteiger partial charge < -0.3 is 15.1 Å². The largest absolute Gasteiger partial charge is 0.456 e. The van der Waals surface area contributed by atoms with Crippen LogP contribution in [-0.4, -0.2) is 16.7 Å². The van der Waals surface area contributed by atoms with Gasteiger partial charge in [-0.15, -0.1) is 0 Å². The van der Waals surface area contributed by atoms with E-state index in [4.69, 9.17) is 4.42 Å². The molecule has 1 aliphatic heterocycles. The Kier molecular flexibility index (Phi) is 4.80. The minimum atomic E-state index is 0.113. The first-order chi connectivity index (χ1) is 21.8. The van der Waals surface area contributed by atoms with Gasteiger partial charge in [-0.3, -0.25) is 4.57 Å². The summed E-state index contributed by atoms with van der Waals surface area (Å²) in [6.07, 6.45) is 8.74. The van der Waals surface area contributed by atoms with Crippen molar-refractivity contribution in [2.45, 2.75) is 12.1 Å². The molecule has 10 rings (SSSR count). The Bertz CT molecular complexity index is 2480. The summed E-state index contributed by atoms with van der Waals surface area (Å²) in [7, 11) is 0. The normalized spacial score (nSPS) is 18.1. The molecule has 2 aromatic heterocycles. The Morgan fingerprint density at radius 2 is 1.11 bits per heavy atom. The summed E-state index contributed by atoms with van der Waals surface area (Å²) >= 11 is 0. The number of allylic oxidation sites excluding steroid dienone is 2. The zero-order valence-electron chi connectivity index (χ0n) is 23.8. The number of para-hydroxylation sites is 1. The highest BCUT2D eigenvalue weighted by Crippen LogP contribution is 2.42. The molecule has 2 atom stereocenters. The number of furan rings is 1. The van der Waals surface area contributed by atoms with E-state index in [0.29, 0.717) is 0 Å². The van der Waals surface area contributed by atoms with Gasteiger partial charge in [0, 0.05) is 27.1 Å². The van der Waals surface area contributed by atoms with Crippen molar-refractivity contribution in [1.29, 1.82) is 0 Å². The molecule has 8 aromatic rings. The molecule has 0 fully saturated rings. The Morgan fingerprint density at radius 3 is 1.82 bits per heavy atom. The highest BCUT2D eigenvalue weighted by molar-refractivity contribution is 6.29. The molecule has 0 amide bonds. The summed E-state index contributed by atoms with van der Waals surface area (Å²) in [5.41, 5.74) is 6.28. The second kappa shape index (κ2) is 8.88. The SMILES string of the molecule is C1=CC2NC(c3ccc4c(c3)oc3ccccc34)=C(n3c4ccc5ccccc5c4c4c5ccccc5ccc43)NC2C=C1. The molecule has 0 saturated heterocycles. The number of benzene rings is 6. The molecule has 0 radical (unpaired) electrons. The van der Waals surface area contributed by atoms with Gasteiger partial charge in [-0.05, 0) is 51.9 Å². The molecule has 4 nitrogen and oxygen atoms in total. The fourth-order valence-electron chi connectivity index (χ4n) is 7.41. The van der Waals surface area contributed by atoms with Crippen molar-refractivity contribution >= 4 is 76.8 Å². The van der Waals surface area contributed by atoms with E-state index in [2.05, 4.69) is 143 Å². The van der Waals surface area contributed by atoms with Crippen molar-refractivity contribution in [3.63, 3.8) is 0 Å². The van der Waals surface area contributed by atoms with Gasteiger partial charge in [0.25, 0.3) is 0 Å². The molecule has 0 bridgehead atoms. The van der Waals surface area contributed by atoms with E-state index in [-0.39, 0.29) is 12.1 Å². The van der Waals surface area contributed by atoms with Crippen LogP contribution >= 0.6 is 0 Å². The van der Waals surface area contributed by atoms with Gasteiger partial charge in [0.1, 0.15) is 17.0 Å². The zero-order valence-corrected chi connectivity index (χ0v) is 23.8. The number of hydrogen-bond donors (Lipinski definition) is 2. The second-order valence-electron chi connectivity index (χ2n) is 11.8. The lowest BCUT2D eigenvalue weighted by atomic mass is 9.98. The monoisotopic (exact) mass is 565 g/mol. The van der Waals surface area contributed by atoms with Crippen LogP contribution in [0.1, 0.15) is 5.56 Å².